The summed E-state index contributed by atoms with van der Waals surface area (Å²) in [5.74, 6) is 0.466. The molecule has 17 heavy (non-hydrogen) atoms. The SMILES string of the molecule is N#CCC(=O)NC1CCOc2ccc(Cl)cc21. The second kappa shape index (κ2) is 5.07. The Balaban J connectivity index is 2.19. The summed E-state index contributed by atoms with van der Waals surface area (Å²) in [7, 11) is 0. The molecule has 0 aliphatic carbocycles. The molecule has 1 aliphatic rings. The van der Waals surface area contributed by atoms with Gasteiger partial charge in [-0.15, -0.1) is 0 Å². The molecule has 1 unspecified atom stereocenters. The Morgan fingerprint density at radius 3 is 3.24 bits per heavy atom. The number of hydrogen-bond acceptors (Lipinski definition) is 3. The van der Waals surface area contributed by atoms with Crippen LogP contribution in [0.3, 0.4) is 0 Å². The third-order valence-electron chi connectivity index (χ3n) is 2.59. The lowest BCUT2D eigenvalue weighted by Crippen LogP contribution is -2.31. The number of fused-ring (bicyclic) bond motifs is 1. The zero-order valence-electron chi connectivity index (χ0n) is 9.07. The minimum Gasteiger partial charge on any atom is -0.493 e. The van der Waals surface area contributed by atoms with Crippen LogP contribution in [-0.2, 0) is 4.79 Å². The molecule has 0 aromatic heterocycles. The third kappa shape index (κ3) is 2.69. The highest BCUT2D eigenvalue weighted by molar-refractivity contribution is 6.30. The highest BCUT2D eigenvalue weighted by Crippen LogP contribution is 2.33. The van der Waals surface area contributed by atoms with Crippen molar-refractivity contribution in [2.45, 2.75) is 18.9 Å². The van der Waals surface area contributed by atoms with Crippen LogP contribution in [0.4, 0.5) is 0 Å². The first-order chi connectivity index (χ1) is 8.20. The van der Waals surface area contributed by atoms with Gasteiger partial charge in [0.1, 0.15) is 12.2 Å². The number of carbonyl (C=O) groups excluding carboxylic acids is 1. The molecule has 1 aliphatic heterocycles. The maximum Gasteiger partial charge on any atom is 0.234 e. The van der Waals surface area contributed by atoms with E-state index in [1.807, 2.05) is 6.07 Å². The van der Waals surface area contributed by atoms with Crippen LogP contribution in [0.15, 0.2) is 18.2 Å². The smallest absolute Gasteiger partial charge is 0.234 e. The Bertz CT molecular complexity index is 482. The zero-order valence-corrected chi connectivity index (χ0v) is 9.83. The van der Waals surface area contributed by atoms with E-state index in [2.05, 4.69) is 5.32 Å². The van der Waals surface area contributed by atoms with Crippen molar-refractivity contribution in [2.24, 2.45) is 0 Å². The number of nitrogens with zero attached hydrogens (tertiary/aromatic N) is 1. The quantitative estimate of drug-likeness (QED) is 0.875. The summed E-state index contributed by atoms with van der Waals surface area (Å²) < 4.78 is 5.48. The number of ether oxygens (including phenoxy) is 1. The predicted octanol–water partition coefficient (Wildman–Crippen LogP) is 2.19. The van der Waals surface area contributed by atoms with Crippen LogP contribution in [-0.4, -0.2) is 12.5 Å². The van der Waals surface area contributed by atoms with Crippen LogP contribution in [0.5, 0.6) is 5.75 Å². The average Bonchev–Trinajstić information content (AvgIpc) is 2.30. The lowest BCUT2D eigenvalue weighted by molar-refractivity contribution is -0.121. The van der Waals surface area contributed by atoms with Gasteiger partial charge in [-0.2, -0.15) is 5.26 Å². The molecular formula is C12H11ClN2O2. The fraction of sp³-hybridized carbons (Fsp3) is 0.333. The lowest BCUT2D eigenvalue weighted by Gasteiger charge is -2.26. The van der Waals surface area contributed by atoms with Crippen LogP contribution in [0, 0.1) is 11.3 Å². The van der Waals surface area contributed by atoms with Crippen molar-refractivity contribution in [1.29, 1.82) is 5.26 Å². The van der Waals surface area contributed by atoms with Crippen molar-refractivity contribution in [3.8, 4) is 11.8 Å². The molecule has 5 heteroatoms. The molecule has 0 spiro atoms. The van der Waals surface area contributed by atoms with Gasteiger partial charge >= 0.3 is 0 Å². The molecule has 1 aromatic carbocycles. The first-order valence-corrected chi connectivity index (χ1v) is 5.67. The average molecular weight is 251 g/mol. The van der Waals surface area contributed by atoms with Gasteiger partial charge in [0.05, 0.1) is 18.7 Å². The van der Waals surface area contributed by atoms with Gasteiger partial charge in [-0.25, -0.2) is 0 Å². The van der Waals surface area contributed by atoms with Gasteiger partial charge in [-0.1, -0.05) is 11.6 Å². The predicted molar refractivity (Wildman–Crippen MR) is 62.7 cm³/mol. The van der Waals surface area contributed by atoms with Gasteiger partial charge in [0.2, 0.25) is 5.91 Å². The van der Waals surface area contributed by atoms with E-state index in [1.165, 1.54) is 0 Å². The van der Waals surface area contributed by atoms with E-state index in [0.29, 0.717) is 18.1 Å². The fourth-order valence-electron chi connectivity index (χ4n) is 1.83. The van der Waals surface area contributed by atoms with Crippen LogP contribution in [0.2, 0.25) is 5.02 Å². The van der Waals surface area contributed by atoms with E-state index in [1.54, 1.807) is 18.2 Å². The van der Waals surface area contributed by atoms with E-state index >= 15 is 0 Å². The summed E-state index contributed by atoms with van der Waals surface area (Å²) in [6.07, 6.45) is 0.553. The number of benzene rings is 1. The molecular weight excluding hydrogens is 240 g/mol. The maximum absolute atomic E-state index is 11.4. The Labute approximate surface area is 104 Å². The van der Waals surface area contributed by atoms with Gasteiger partial charge < -0.3 is 10.1 Å². The van der Waals surface area contributed by atoms with Crippen molar-refractivity contribution in [1.82, 2.24) is 5.32 Å². The van der Waals surface area contributed by atoms with Crippen molar-refractivity contribution in [2.75, 3.05) is 6.61 Å². The summed E-state index contributed by atoms with van der Waals surface area (Å²) in [5.41, 5.74) is 0.870. The van der Waals surface area contributed by atoms with E-state index in [-0.39, 0.29) is 18.4 Å². The molecule has 1 atom stereocenters. The number of hydrogen-bond donors (Lipinski definition) is 1. The number of halogens is 1. The first-order valence-electron chi connectivity index (χ1n) is 5.29. The van der Waals surface area contributed by atoms with Crippen molar-refractivity contribution >= 4 is 17.5 Å². The summed E-state index contributed by atoms with van der Waals surface area (Å²) in [6, 6.07) is 7.02. The van der Waals surface area contributed by atoms with Gasteiger partial charge in [0.25, 0.3) is 0 Å². The summed E-state index contributed by atoms with van der Waals surface area (Å²) in [4.78, 5) is 11.4. The van der Waals surface area contributed by atoms with Crippen molar-refractivity contribution < 1.29 is 9.53 Å². The number of nitrogens with one attached hydrogen (secondary N) is 1. The van der Waals surface area contributed by atoms with Crippen molar-refractivity contribution in [3.63, 3.8) is 0 Å². The monoisotopic (exact) mass is 250 g/mol. The van der Waals surface area contributed by atoms with Gasteiger partial charge in [-0.05, 0) is 18.2 Å². The maximum atomic E-state index is 11.4. The van der Waals surface area contributed by atoms with Crippen molar-refractivity contribution in [3.05, 3.63) is 28.8 Å². The zero-order chi connectivity index (χ0) is 12.3. The molecule has 88 valence electrons. The molecule has 0 radical (unpaired) electrons. The second-order valence-electron chi connectivity index (χ2n) is 3.77. The van der Waals surface area contributed by atoms with Gasteiger partial charge in [0.15, 0.2) is 0 Å². The van der Waals surface area contributed by atoms with Crippen LogP contribution < -0.4 is 10.1 Å². The normalized spacial score (nSPS) is 17.5. The fourth-order valence-corrected chi connectivity index (χ4v) is 2.01. The third-order valence-corrected chi connectivity index (χ3v) is 2.82. The first kappa shape index (κ1) is 11.7. The largest absolute Gasteiger partial charge is 0.493 e. The second-order valence-corrected chi connectivity index (χ2v) is 4.21. The molecule has 0 saturated heterocycles. The molecule has 1 amide bonds. The molecule has 0 fully saturated rings. The standard InChI is InChI=1S/C12H11ClN2O2/c13-8-1-2-11-9(7-8)10(4-6-17-11)15-12(16)3-5-14/h1-2,7,10H,3-4,6H2,(H,15,16). The summed E-state index contributed by atoms with van der Waals surface area (Å²) in [5, 5.41) is 11.9. The van der Waals surface area contributed by atoms with E-state index in [0.717, 1.165) is 11.3 Å². The van der Waals surface area contributed by atoms with Crippen LogP contribution in [0.25, 0.3) is 0 Å². The molecule has 1 N–H and O–H groups in total. The minimum absolute atomic E-state index is 0.127. The molecule has 0 saturated carbocycles. The highest BCUT2D eigenvalue weighted by atomic mass is 35.5. The number of rotatable bonds is 2. The Morgan fingerprint density at radius 2 is 2.47 bits per heavy atom. The molecule has 4 nitrogen and oxygen atoms in total. The Morgan fingerprint density at radius 1 is 1.65 bits per heavy atom. The summed E-state index contributed by atoms with van der Waals surface area (Å²) in [6.45, 7) is 0.548. The highest BCUT2D eigenvalue weighted by Gasteiger charge is 2.23. The Hall–Kier alpha value is -1.73. The van der Waals surface area contributed by atoms with Crippen LogP contribution >= 0.6 is 11.6 Å². The van der Waals surface area contributed by atoms with E-state index < -0.39 is 0 Å². The van der Waals surface area contributed by atoms with Gasteiger partial charge in [-0.3, -0.25) is 4.79 Å². The van der Waals surface area contributed by atoms with Gasteiger partial charge in [0, 0.05) is 17.0 Å². The molecule has 2 rings (SSSR count). The lowest BCUT2D eigenvalue weighted by atomic mass is 10.0. The molecule has 0 bridgehead atoms. The van der Waals surface area contributed by atoms with E-state index in [4.69, 9.17) is 21.6 Å². The number of amides is 1. The molecule has 1 aromatic rings. The topological polar surface area (TPSA) is 62.1 Å². The Kier molecular flexibility index (Phi) is 3.50. The van der Waals surface area contributed by atoms with E-state index in [9.17, 15) is 4.79 Å². The van der Waals surface area contributed by atoms with Crippen LogP contribution in [0.1, 0.15) is 24.4 Å². The molecule has 1 heterocycles. The number of nitriles is 1. The minimum atomic E-state index is -0.273. The number of carbonyl (C=O) groups is 1. The summed E-state index contributed by atoms with van der Waals surface area (Å²) >= 11 is 5.92.